The van der Waals surface area contributed by atoms with Crippen molar-refractivity contribution in [2.24, 2.45) is 0 Å². The van der Waals surface area contributed by atoms with Gasteiger partial charge < -0.3 is 30.5 Å². The molecule has 1 amide bonds. The number of amides is 1. The molecule has 3 unspecified atom stereocenters. The van der Waals surface area contributed by atoms with Gasteiger partial charge in [0.25, 0.3) is 5.91 Å². The SMILES string of the molecule is O=C(N[C@@H]1OC(C(=O)O)[C@@H](O)C(O)C1O)c1cccs1. The molecule has 9 heteroatoms. The Balaban J connectivity index is 2.10. The fourth-order valence-electron chi connectivity index (χ4n) is 1.81. The number of ether oxygens (including phenoxy) is 1. The zero-order chi connectivity index (χ0) is 14.9. The second-order valence-electron chi connectivity index (χ2n) is 4.24. The van der Waals surface area contributed by atoms with Crippen molar-refractivity contribution in [3.63, 3.8) is 0 Å². The minimum Gasteiger partial charge on any atom is -0.479 e. The van der Waals surface area contributed by atoms with Crippen LogP contribution in [-0.2, 0) is 9.53 Å². The summed E-state index contributed by atoms with van der Waals surface area (Å²) < 4.78 is 4.92. The molecule has 1 aliphatic heterocycles. The maximum atomic E-state index is 11.8. The third-order valence-electron chi connectivity index (χ3n) is 2.88. The molecule has 1 aromatic heterocycles. The number of aliphatic hydroxyl groups is 3. The summed E-state index contributed by atoms with van der Waals surface area (Å²) in [5.41, 5.74) is 0. The van der Waals surface area contributed by atoms with Gasteiger partial charge in [-0.15, -0.1) is 11.3 Å². The van der Waals surface area contributed by atoms with Crippen LogP contribution in [0.2, 0.25) is 0 Å². The lowest BCUT2D eigenvalue weighted by atomic mass is 9.98. The topological polar surface area (TPSA) is 136 Å². The number of aliphatic hydroxyl groups excluding tert-OH is 3. The number of hydrogen-bond donors (Lipinski definition) is 5. The van der Waals surface area contributed by atoms with Crippen molar-refractivity contribution in [2.45, 2.75) is 30.6 Å². The van der Waals surface area contributed by atoms with Gasteiger partial charge in [0, 0.05) is 0 Å². The molecule has 0 saturated carbocycles. The van der Waals surface area contributed by atoms with Gasteiger partial charge in [0.1, 0.15) is 18.3 Å². The van der Waals surface area contributed by atoms with Gasteiger partial charge in [-0.05, 0) is 11.4 Å². The zero-order valence-corrected chi connectivity index (χ0v) is 10.9. The third kappa shape index (κ3) is 2.81. The van der Waals surface area contributed by atoms with Crippen LogP contribution in [0.3, 0.4) is 0 Å². The number of rotatable bonds is 3. The van der Waals surface area contributed by atoms with Crippen molar-refractivity contribution in [3.8, 4) is 0 Å². The monoisotopic (exact) mass is 303 g/mol. The molecule has 0 bridgehead atoms. The summed E-state index contributed by atoms with van der Waals surface area (Å²) in [7, 11) is 0. The van der Waals surface area contributed by atoms with E-state index < -0.39 is 42.5 Å². The molecule has 5 atom stereocenters. The fourth-order valence-corrected chi connectivity index (χ4v) is 2.44. The lowest BCUT2D eigenvalue weighted by molar-refractivity contribution is -0.231. The van der Waals surface area contributed by atoms with Gasteiger partial charge >= 0.3 is 5.97 Å². The number of carbonyl (C=O) groups is 2. The van der Waals surface area contributed by atoms with Gasteiger partial charge in [-0.25, -0.2) is 4.79 Å². The number of carboxylic acids is 1. The lowest BCUT2D eigenvalue weighted by Crippen LogP contribution is -2.64. The number of hydrogen-bond acceptors (Lipinski definition) is 7. The summed E-state index contributed by atoms with van der Waals surface area (Å²) in [5, 5.41) is 41.6. The maximum Gasteiger partial charge on any atom is 0.335 e. The van der Waals surface area contributed by atoms with Crippen LogP contribution in [0.25, 0.3) is 0 Å². The smallest absolute Gasteiger partial charge is 0.335 e. The second-order valence-corrected chi connectivity index (χ2v) is 5.19. The van der Waals surface area contributed by atoms with E-state index in [1.54, 1.807) is 11.4 Å². The highest BCUT2D eigenvalue weighted by Crippen LogP contribution is 2.21. The molecule has 0 spiro atoms. The average molecular weight is 303 g/mol. The van der Waals surface area contributed by atoms with E-state index in [4.69, 9.17) is 9.84 Å². The molecule has 0 aromatic carbocycles. The van der Waals surface area contributed by atoms with Gasteiger partial charge in [0.05, 0.1) is 4.88 Å². The number of nitrogens with one attached hydrogen (secondary N) is 1. The van der Waals surface area contributed by atoms with Crippen molar-refractivity contribution in [3.05, 3.63) is 22.4 Å². The first-order chi connectivity index (χ1) is 9.41. The molecule has 110 valence electrons. The molecule has 1 aromatic rings. The van der Waals surface area contributed by atoms with E-state index >= 15 is 0 Å². The molecule has 1 aliphatic rings. The normalized spacial score (nSPS) is 33.6. The van der Waals surface area contributed by atoms with Crippen LogP contribution in [-0.4, -0.2) is 62.9 Å². The highest BCUT2D eigenvalue weighted by Gasteiger charge is 2.47. The predicted octanol–water partition coefficient (Wildman–Crippen LogP) is -1.63. The van der Waals surface area contributed by atoms with Crippen LogP contribution in [0.4, 0.5) is 0 Å². The summed E-state index contributed by atoms with van der Waals surface area (Å²) in [6, 6.07) is 3.19. The van der Waals surface area contributed by atoms with Crippen molar-refractivity contribution < 1.29 is 34.8 Å². The Morgan fingerprint density at radius 2 is 1.90 bits per heavy atom. The van der Waals surface area contributed by atoms with Crippen LogP contribution in [0.15, 0.2) is 17.5 Å². The van der Waals surface area contributed by atoms with E-state index in [1.807, 2.05) is 0 Å². The van der Waals surface area contributed by atoms with Crippen LogP contribution in [0.1, 0.15) is 9.67 Å². The van der Waals surface area contributed by atoms with Crippen molar-refractivity contribution in [2.75, 3.05) is 0 Å². The number of thiophene rings is 1. The Bertz CT molecular complexity index is 491. The van der Waals surface area contributed by atoms with Crippen LogP contribution >= 0.6 is 11.3 Å². The molecule has 0 aliphatic carbocycles. The van der Waals surface area contributed by atoms with Gasteiger partial charge in [-0.2, -0.15) is 0 Å². The Morgan fingerprint density at radius 1 is 1.20 bits per heavy atom. The highest BCUT2D eigenvalue weighted by atomic mass is 32.1. The van der Waals surface area contributed by atoms with E-state index in [-0.39, 0.29) is 0 Å². The number of carboxylic acid groups (broad SMARTS) is 1. The van der Waals surface area contributed by atoms with Crippen LogP contribution in [0.5, 0.6) is 0 Å². The quantitative estimate of drug-likeness (QED) is 0.452. The summed E-state index contributed by atoms with van der Waals surface area (Å²) in [5.74, 6) is -2.07. The van der Waals surface area contributed by atoms with Crippen molar-refractivity contribution >= 4 is 23.2 Å². The van der Waals surface area contributed by atoms with Gasteiger partial charge in [0.2, 0.25) is 0 Å². The largest absolute Gasteiger partial charge is 0.479 e. The highest BCUT2D eigenvalue weighted by molar-refractivity contribution is 7.12. The molecule has 1 saturated heterocycles. The minimum atomic E-state index is -1.78. The number of aliphatic carboxylic acids is 1. The Morgan fingerprint density at radius 3 is 2.45 bits per heavy atom. The van der Waals surface area contributed by atoms with E-state index in [0.717, 1.165) is 11.3 Å². The minimum absolute atomic E-state index is 0.341. The molecule has 2 heterocycles. The molecular formula is C11H13NO7S. The second kappa shape index (κ2) is 5.85. The van der Waals surface area contributed by atoms with Crippen LogP contribution in [0, 0.1) is 0 Å². The van der Waals surface area contributed by atoms with E-state index in [1.165, 1.54) is 6.07 Å². The lowest BCUT2D eigenvalue weighted by Gasteiger charge is -2.38. The van der Waals surface area contributed by atoms with E-state index in [0.29, 0.717) is 4.88 Å². The first-order valence-corrected chi connectivity index (χ1v) is 6.56. The van der Waals surface area contributed by atoms with Crippen molar-refractivity contribution in [1.29, 1.82) is 0 Å². The molecule has 20 heavy (non-hydrogen) atoms. The van der Waals surface area contributed by atoms with Gasteiger partial charge in [0.15, 0.2) is 12.3 Å². The fraction of sp³-hybridized carbons (Fsp3) is 0.455. The summed E-state index contributed by atoms with van der Waals surface area (Å²) in [6.07, 6.45) is -8.31. The first-order valence-electron chi connectivity index (χ1n) is 5.68. The van der Waals surface area contributed by atoms with Crippen LogP contribution < -0.4 is 5.32 Å². The average Bonchev–Trinajstić information content (AvgIpc) is 2.93. The van der Waals surface area contributed by atoms with Gasteiger partial charge in [-0.1, -0.05) is 6.07 Å². The summed E-state index contributed by atoms with van der Waals surface area (Å²) >= 11 is 1.15. The molecular weight excluding hydrogens is 290 g/mol. The number of carbonyl (C=O) groups excluding carboxylic acids is 1. The summed E-state index contributed by atoms with van der Waals surface area (Å²) in [6.45, 7) is 0. The van der Waals surface area contributed by atoms with E-state index in [9.17, 15) is 24.9 Å². The Kier molecular flexibility index (Phi) is 4.35. The van der Waals surface area contributed by atoms with Crippen molar-refractivity contribution in [1.82, 2.24) is 5.32 Å². The zero-order valence-electron chi connectivity index (χ0n) is 10.0. The Labute approximate surface area is 117 Å². The first kappa shape index (κ1) is 14.9. The Hall–Kier alpha value is -1.52. The summed E-state index contributed by atoms with van der Waals surface area (Å²) in [4.78, 5) is 23.0. The van der Waals surface area contributed by atoms with Gasteiger partial charge in [-0.3, -0.25) is 4.79 Å². The molecule has 2 rings (SSSR count). The predicted molar refractivity (Wildman–Crippen MR) is 66.1 cm³/mol. The standard InChI is InChI=1S/C11H13NO7S/c13-5-6(14)8(11(17)18)19-10(7(5)15)12-9(16)4-2-1-3-20-4/h1-3,5-8,10,13-15H,(H,12,16)(H,17,18)/t5?,6-,7?,8?,10+/m0/s1. The molecule has 8 nitrogen and oxygen atoms in total. The van der Waals surface area contributed by atoms with E-state index in [2.05, 4.69) is 5.32 Å². The molecule has 1 fully saturated rings. The molecule has 5 N–H and O–H groups in total. The molecule has 0 radical (unpaired) electrons. The maximum absolute atomic E-state index is 11.8. The third-order valence-corrected chi connectivity index (χ3v) is 3.74.